The molecular weight excluding hydrogens is 170 g/mol. The number of rotatable bonds is 0. The Morgan fingerprint density at radius 2 is 2.31 bits per heavy atom. The van der Waals surface area contributed by atoms with E-state index >= 15 is 0 Å². The number of amides is 1. The summed E-state index contributed by atoms with van der Waals surface area (Å²) in [5.41, 5.74) is 5.39. The summed E-state index contributed by atoms with van der Waals surface area (Å²) in [6.45, 7) is 3.24. The third-order valence-electron chi connectivity index (χ3n) is 2.67. The van der Waals surface area contributed by atoms with Crippen molar-refractivity contribution in [2.24, 2.45) is 0 Å². The van der Waals surface area contributed by atoms with E-state index in [0.29, 0.717) is 6.54 Å². The van der Waals surface area contributed by atoms with Crippen molar-refractivity contribution in [2.45, 2.75) is 13.0 Å². The maximum absolute atomic E-state index is 10.8. The van der Waals surface area contributed by atoms with E-state index < -0.39 is 6.09 Å². The minimum atomic E-state index is -0.841. The molecule has 0 fully saturated rings. The van der Waals surface area contributed by atoms with Crippen LogP contribution in [0.5, 0.6) is 0 Å². The lowest BCUT2D eigenvalue weighted by molar-refractivity contribution is 0.139. The zero-order chi connectivity index (χ0) is 9.59. The molecule has 1 amide bonds. The van der Waals surface area contributed by atoms with Crippen molar-refractivity contribution < 1.29 is 9.90 Å². The number of carboxylic acid groups (broad SMARTS) is 1. The highest BCUT2D eigenvalue weighted by molar-refractivity contribution is 5.68. The molecule has 0 aromatic heterocycles. The molecule has 0 radical (unpaired) electrons. The third-order valence-corrected chi connectivity index (χ3v) is 2.67. The predicted octanol–water partition coefficient (Wildman–Crippen LogP) is 0.0726. The first kappa shape index (κ1) is 8.37. The predicted molar refractivity (Wildman–Crippen MR) is 47.0 cm³/mol. The Hall–Kier alpha value is -1.23. The van der Waals surface area contributed by atoms with Crippen LogP contribution in [0.3, 0.4) is 0 Å². The van der Waals surface area contributed by atoms with Gasteiger partial charge in [-0.2, -0.15) is 0 Å². The van der Waals surface area contributed by atoms with Crippen LogP contribution in [-0.2, 0) is 0 Å². The second-order valence-corrected chi connectivity index (χ2v) is 3.56. The van der Waals surface area contributed by atoms with Crippen LogP contribution in [0.4, 0.5) is 4.79 Å². The Morgan fingerprint density at radius 1 is 1.62 bits per heavy atom. The van der Waals surface area contributed by atoms with Crippen LogP contribution in [0.1, 0.15) is 6.92 Å². The molecule has 2 aliphatic rings. The monoisotopic (exact) mass is 183 g/mol. The Morgan fingerprint density at radius 3 is 2.85 bits per heavy atom. The summed E-state index contributed by atoms with van der Waals surface area (Å²) < 4.78 is 0. The first-order chi connectivity index (χ1) is 6.09. The molecule has 1 atom stereocenters. The van der Waals surface area contributed by atoms with E-state index in [-0.39, 0.29) is 6.04 Å². The SMILES string of the molecule is CC1C2=C(CN1C(=O)O)NN(C)C2. The van der Waals surface area contributed by atoms with E-state index in [0.717, 1.165) is 12.2 Å². The van der Waals surface area contributed by atoms with Gasteiger partial charge in [0.1, 0.15) is 0 Å². The summed E-state index contributed by atoms with van der Waals surface area (Å²) in [6.07, 6.45) is -0.841. The van der Waals surface area contributed by atoms with E-state index in [9.17, 15) is 4.79 Å². The molecule has 5 nitrogen and oxygen atoms in total. The fourth-order valence-corrected chi connectivity index (χ4v) is 1.94. The lowest BCUT2D eigenvalue weighted by Crippen LogP contribution is -2.40. The van der Waals surface area contributed by atoms with Gasteiger partial charge < -0.3 is 10.5 Å². The van der Waals surface area contributed by atoms with Crippen molar-refractivity contribution in [3.8, 4) is 0 Å². The molecule has 0 spiro atoms. The molecule has 0 aromatic rings. The normalized spacial score (nSPS) is 27.8. The lowest BCUT2D eigenvalue weighted by atomic mass is 10.1. The van der Waals surface area contributed by atoms with Crippen molar-refractivity contribution in [1.82, 2.24) is 15.3 Å². The lowest BCUT2D eigenvalue weighted by Gasteiger charge is -2.23. The van der Waals surface area contributed by atoms with Crippen LogP contribution in [0.15, 0.2) is 11.3 Å². The van der Waals surface area contributed by atoms with Gasteiger partial charge in [-0.05, 0) is 12.5 Å². The summed E-state index contributed by atoms with van der Waals surface area (Å²) >= 11 is 0. The fraction of sp³-hybridized carbons (Fsp3) is 0.625. The van der Waals surface area contributed by atoms with E-state index in [1.165, 1.54) is 10.5 Å². The molecular formula is C8H13N3O2. The highest BCUT2D eigenvalue weighted by atomic mass is 16.4. The molecule has 2 aliphatic heterocycles. The average molecular weight is 183 g/mol. The van der Waals surface area contributed by atoms with Crippen LogP contribution in [0, 0.1) is 0 Å². The van der Waals surface area contributed by atoms with E-state index in [2.05, 4.69) is 5.43 Å². The molecule has 2 N–H and O–H groups in total. The summed E-state index contributed by atoms with van der Waals surface area (Å²) in [6, 6.07) is 0.0185. The van der Waals surface area contributed by atoms with Gasteiger partial charge in [-0.1, -0.05) is 0 Å². The van der Waals surface area contributed by atoms with Crippen LogP contribution in [-0.4, -0.2) is 47.3 Å². The summed E-state index contributed by atoms with van der Waals surface area (Å²) in [4.78, 5) is 12.2. The number of hydrogen-bond acceptors (Lipinski definition) is 3. The number of carbonyl (C=O) groups is 1. The standard InChI is InChI=1S/C8H13N3O2/c1-5-6-3-10(2)9-7(6)4-11(5)8(12)13/h5,9H,3-4H2,1-2H3,(H,12,13). The van der Waals surface area contributed by atoms with E-state index in [4.69, 9.17) is 5.11 Å². The molecule has 5 heteroatoms. The van der Waals surface area contributed by atoms with Crippen LogP contribution < -0.4 is 5.43 Å². The quantitative estimate of drug-likeness (QED) is 0.558. The number of likely N-dealkylation sites (N-methyl/N-ethyl adjacent to an activating group) is 1. The number of nitrogens with one attached hydrogen (secondary N) is 1. The van der Waals surface area contributed by atoms with Crippen molar-refractivity contribution in [2.75, 3.05) is 20.1 Å². The average Bonchev–Trinajstić information content (AvgIpc) is 2.51. The third kappa shape index (κ3) is 1.16. The Kier molecular flexibility index (Phi) is 1.69. The van der Waals surface area contributed by atoms with Gasteiger partial charge in [0.05, 0.1) is 12.6 Å². The first-order valence-electron chi connectivity index (χ1n) is 4.29. The van der Waals surface area contributed by atoms with E-state index in [1.54, 1.807) is 0 Å². The number of hydrazine groups is 1. The zero-order valence-electron chi connectivity index (χ0n) is 7.74. The fourth-order valence-electron chi connectivity index (χ4n) is 1.94. The Bertz CT molecular complexity index is 287. The highest BCUT2D eigenvalue weighted by Gasteiger charge is 2.36. The maximum Gasteiger partial charge on any atom is 0.408 e. The van der Waals surface area contributed by atoms with Gasteiger partial charge in [0.2, 0.25) is 0 Å². The minimum Gasteiger partial charge on any atom is -0.465 e. The molecule has 0 bridgehead atoms. The summed E-state index contributed by atoms with van der Waals surface area (Å²) in [5, 5.41) is 10.8. The molecule has 0 saturated carbocycles. The first-order valence-corrected chi connectivity index (χ1v) is 4.29. The molecule has 0 saturated heterocycles. The number of nitrogens with zero attached hydrogens (tertiary/aromatic N) is 2. The van der Waals surface area contributed by atoms with Crippen molar-refractivity contribution in [3.05, 3.63) is 11.3 Å². The van der Waals surface area contributed by atoms with Crippen molar-refractivity contribution in [1.29, 1.82) is 0 Å². The summed E-state index contributed by atoms with van der Waals surface area (Å²) in [7, 11) is 1.95. The Labute approximate surface area is 76.6 Å². The topological polar surface area (TPSA) is 55.8 Å². The van der Waals surface area contributed by atoms with Gasteiger partial charge in [-0.25, -0.2) is 9.80 Å². The van der Waals surface area contributed by atoms with Crippen molar-refractivity contribution in [3.63, 3.8) is 0 Å². The van der Waals surface area contributed by atoms with Crippen LogP contribution >= 0.6 is 0 Å². The molecule has 13 heavy (non-hydrogen) atoms. The van der Waals surface area contributed by atoms with Gasteiger partial charge >= 0.3 is 6.09 Å². The second kappa shape index (κ2) is 2.63. The highest BCUT2D eigenvalue weighted by Crippen LogP contribution is 2.26. The van der Waals surface area contributed by atoms with Gasteiger partial charge in [-0.3, -0.25) is 4.90 Å². The van der Waals surface area contributed by atoms with Gasteiger partial charge in [0.15, 0.2) is 0 Å². The molecule has 2 rings (SSSR count). The van der Waals surface area contributed by atoms with Gasteiger partial charge in [0, 0.05) is 19.3 Å². The summed E-state index contributed by atoms with van der Waals surface area (Å²) in [5.74, 6) is 0. The number of hydrogen-bond donors (Lipinski definition) is 2. The van der Waals surface area contributed by atoms with Gasteiger partial charge in [0.25, 0.3) is 0 Å². The smallest absolute Gasteiger partial charge is 0.408 e. The van der Waals surface area contributed by atoms with E-state index in [1.807, 2.05) is 19.0 Å². The molecule has 72 valence electrons. The Balaban J connectivity index is 2.15. The molecule has 0 aliphatic carbocycles. The molecule has 0 aromatic carbocycles. The van der Waals surface area contributed by atoms with Crippen molar-refractivity contribution >= 4 is 6.09 Å². The molecule has 2 heterocycles. The van der Waals surface area contributed by atoms with Crippen LogP contribution in [0.2, 0.25) is 0 Å². The minimum absolute atomic E-state index is 0.0185. The largest absolute Gasteiger partial charge is 0.465 e. The van der Waals surface area contributed by atoms with Crippen LogP contribution in [0.25, 0.3) is 0 Å². The van der Waals surface area contributed by atoms with Gasteiger partial charge in [-0.15, -0.1) is 0 Å². The zero-order valence-corrected chi connectivity index (χ0v) is 7.74. The second-order valence-electron chi connectivity index (χ2n) is 3.56. The maximum atomic E-state index is 10.8. The molecule has 1 unspecified atom stereocenters.